The number of rotatable bonds is 5. The van der Waals surface area contributed by atoms with Crippen molar-refractivity contribution in [3.63, 3.8) is 0 Å². The van der Waals surface area contributed by atoms with Crippen molar-refractivity contribution in [2.75, 3.05) is 5.32 Å². The molecule has 142 valence electrons. The molecule has 0 aliphatic heterocycles. The standard InChI is InChI=1S/C16H12Cl2F3N5O/c17-11-2-1-10(12(18)7-11)8-26-14(3-5-22-26)23-15(27)9-25-6-4-13(24-25)16(19,20)21/h1-7H,8-9H2,(H,23,27). The molecule has 0 aliphatic rings. The lowest BCUT2D eigenvalue weighted by Crippen LogP contribution is -2.22. The van der Waals surface area contributed by atoms with Crippen LogP contribution >= 0.6 is 23.2 Å². The Morgan fingerprint density at radius 2 is 1.96 bits per heavy atom. The van der Waals surface area contributed by atoms with Gasteiger partial charge in [-0.2, -0.15) is 23.4 Å². The zero-order chi connectivity index (χ0) is 19.6. The predicted octanol–water partition coefficient (Wildman–Crippen LogP) is 4.09. The number of halogens is 5. The van der Waals surface area contributed by atoms with Gasteiger partial charge in [-0.3, -0.25) is 9.48 Å². The first-order valence-corrected chi connectivity index (χ1v) is 8.34. The quantitative estimate of drug-likeness (QED) is 0.679. The minimum atomic E-state index is -4.56. The van der Waals surface area contributed by atoms with Crippen LogP contribution in [0.15, 0.2) is 42.7 Å². The van der Waals surface area contributed by atoms with E-state index < -0.39 is 17.8 Å². The van der Waals surface area contributed by atoms with Crippen molar-refractivity contribution in [3.05, 3.63) is 64.0 Å². The highest BCUT2D eigenvalue weighted by molar-refractivity contribution is 6.35. The summed E-state index contributed by atoms with van der Waals surface area (Å²) in [6.07, 6.45) is -1.99. The smallest absolute Gasteiger partial charge is 0.309 e. The largest absolute Gasteiger partial charge is 0.435 e. The Hall–Kier alpha value is -2.52. The summed E-state index contributed by atoms with van der Waals surface area (Å²) in [7, 11) is 0. The fraction of sp³-hybridized carbons (Fsp3) is 0.188. The van der Waals surface area contributed by atoms with E-state index in [1.807, 2.05) is 0 Å². The molecule has 2 aromatic heterocycles. The van der Waals surface area contributed by atoms with Crippen LogP contribution in [0.5, 0.6) is 0 Å². The zero-order valence-electron chi connectivity index (χ0n) is 13.5. The molecule has 2 heterocycles. The Morgan fingerprint density at radius 3 is 2.63 bits per heavy atom. The maximum atomic E-state index is 12.6. The highest BCUT2D eigenvalue weighted by atomic mass is 35.5. The van der Waals surface area contributed by atoms with Gasteiger partial charge in [0.1, 0.15) is 12.4 Å². The fourth-order valence-electron chi connectivity index (χ4n) is 2.31. The van der Waals surface area contributed by atoms with Gasteiger partial charge >= 0.3 is 6.18 Å². The average Bonchev–Trinajstić information content (AvgIpc) is 3.19. The second-order valence-corrected chi connectivity index (χ2v) is 6.40. The van der Waals surface area contributed by atoms with Gasteiger partial charge in [-0.25, -0.2) is 4.68 Å². The van der Waals surface area contributed by atoms with E-state index in [0.717, 1.165) is 22.5 Å². The third-order valence-corrected chi connectivity index (χ3v) is 4.14. The van der Waals surface area contributed by atoms with Crippen molar-refractivity contribution in [2.45, 2.75) is 19.3 Å². The number of anilines is 1. The molecular formula is C16H12Cl2F3N5O. The first-order chi connectivity index (χ1) is 12.7. The number of hydrogen-bond donors (Lipinski definition) is 1. The van der Waals surface area contributed by atoms with Gasteiger partial charge < -0.3 is 5.32 Å². The highest BCUT2D eigenvalue weighted by Crippen LogP contribution is 2.27. The van der Waals surface area contributed by atoms with E-state index in [1.54, 1.807) is 24.3 Å². The van der Waals surface area contributed by atoms with E-state index in [-0.39, 0.29) is 13.1 Å². The fourth-order valence-corrected chi connectivity index (χ4v) is 2.77. The molecule has 0 atom stereocenters. The van der Waals surface area contributed by atoms with Gasteiger partial charge in [0, 0.05) is 22.3 Å². The molecule has 0 fully saturated rings. The number of alkyl halides is 3. The average molecular weight is 418 g/mol. The third kappa shape index (κ3) is 4.81. The molecule has 3 aromatic rings. The minimum Gasteiger partial charge on any atom is -0.309 e. The van der Waals surface area contributed by atoms with Gasteiger partial charge in [-0.15, -0.1) is 0 Å². The molecule has 6 nitrogen and oxygen atoms in total. The number of hydrogen-bond acceptors (Lipinski definition) is 3. The van der Waals surface area contributed by atoms with E-state index in [4.69, 9.17) is 23.2 Å². The highest BCUT2D eigenvalue weighted by Gasteiger charge is 2.33. The summed E-state index contributed by atoms with van der Waals surface area (Å²) in [5, 5.41) is 11.0. The summed E-state index contributed by atoms with van der Waals surface area (Å²) in [5.74, 6) is -0.176. The normalized spacial score (nSPS) is 11.6. The summed E-state index contributed by atoms with van der Waals surface area (Å²) in [5.41, 5.74) is -0.320. The van der Waals surface area contributed by atoms with Crippen LogP contribution in [0.2, 0.25) is 10.0 Å². The van der Waals surface area contributed by atoms with Crippen molar-refractivity contribution in [1.29, 1.82) is 0 Å². The maximum absolute atomic E-state index is 12.6. The topological polar surface area (TPSA) is 64.7 Å². The summed E-state index contributed by atoms with van der Waals surface area (Å²) in [4.78, 5) is 12.1. The van der Waals surface area contributed by atoms with Crippen LogP contribution in [-0.2, 0) is 24.1 Å². The number of amides is 1. The molecule has 0 bridgehead atoms. The number of carbonyl (C=O) groups is 1. The molecule has 0 spiro atoms. The van der Waals surface area contributed by atoms with Crippen LogP contribution in [0.1, 0.15) is 11.3 Å². The molecule has 0 radical (unpaired) electrons. The molecule has 11 heteroatoms. The zero-order valence-corrected chi connectivity index (χ0v) is 15.1. The van der Waals surface area contributed by atoms with Crippen LogP contribution < -0.4 is 5.32 Å². The van der Waals surface area contributed by atoms with Crippen LogP contribution in [0.4, 0.5) is 19.0 Å². The number of nitrogens with zero attached hydrogens (tertiary/aromatic N) is 4. The van der Waals surface area contributed by atoms with E-state index in [0.29, 0.717) is 15.9 Å². The van der Waals surface area contributed by atoms with Crippen molar-refractivity contribution in [3.8, 4) is 0 Å². The van der Waals surface area contributed by atoms with Crippen molar-refractivity contribution < 1.29 is 18.0 Å². The monoisotopic (exact) mass is 417 g/mol. The van der Waals surface area contributed by atoms with Gasteiger partial charge in [0.2, 0.25) is 5.91 Å². The minimum absolute atomic E-state index is 0.276. The Morgan fingerprint density at radius 1 is 1.19 bits per heavy atom. The van der Waals surface area contributed by atoms with Gasteiger partial charge in [0.15, 0.2) is 5.69 Å². The maximum Gasteiger partial charge on any atom is 0.435 e. The molecule has 0 saturated carbocycles. The molecular weight excluding hydrogens is 406 g/mol. The van der Waals surface area contributed by atoms with Crippen LogP contribution in [0.3, 0.4) is 0 Å². The van der Waals surface area contributed by atoms with Crippen LogP contribution in [0.25, 0.3) is 0 Å². The predicted molar refractivity (Wildman–Crippen MR) is 93.6 cm³/mol. The first kappa shape index (κ1) is 19.2. The molecule has 1 N–H and O–H groups in total. The number of nitrogens with one attached hydrogen (secondary N) is 1. The van der Waals surface area contributed by atoms with Gasteiger partial charge in [-0.05, 0) is 23.8 Å². The lowest BCUT2D eigenvalue weighted by molar-refractivity contribution is -0.141. The molecule has 3 rings (SSSR count). The first-order valence-electron chi connectivity index (χ1n) is 7.58. The Labute approximate surface area is 161 Å². The second kappa shape index (κ2) is 7.61. The number of aromatic nitrogens is 4. The summed E-state index contributed by atoms with van der Waals surface area (Å²) in [6.45, 7) is -0.0957. The molecule has 27 heavy (non-hydrogen) atoms. The molecule has 0 saturated heterocycles. The summed E-state index contributed by atoms with van der Waals surface area (Å²) in [6, 6.07) is 7.38. The lowest BCUT2D eigenvalue weighted by atomic mass is 10.2. The van der Waals surface area contributed by atoms with Gasteiger partial charge in [0.05, 0.1) is 12.7 Å². The number of benzene rings is 1. The molecule has 0 aliphatic carbocycles. The molecule has 0 unspecified atom stereocenters. The molecule has 1 aromatic carbocycles. The number of carbonyl (C=O) groups excluding carboxylic acids is 1. The van der Waals surface area contributed by atoms with Gasteiger partial charge in [-0.1, -0.05) is 29.3 Å². The van der Waals surface area contributed by atoms with E-state index in [2.05, 4.69) is 15.5 Å². The van der Waals surface area contributed by atoms with E-state index >= 15 is 0 Å². The lowest BCUT2D eigenvalue weighted by Gasteiger charge is -2.10. The Balaban J connectivity index is 1.67. The Bertz CT molecular complexity index is 967. The Kier molecular flexibility index (Phi) is 5.43. The summed E-state index contributed by atoms with van der Waals surface area (Å²) < 4.78 is 40.1. The van der Waals surface area contributed by atoms with Gasteiger partial charge in [0.25, 0.3) is 0 Å². The van der Waals surface area contributed by atoms with Crippen molar-refractivity contribution >= 4 is 34.9 Å². The van der Waals surface area contributed by atoms with E-state index in [9.17, 15) is 18.0 Å². The second-order valence-electron chi connectivity index (χ2n) is 5.55. The van der Waals surface area contributed by atoms with Crippen molar-refractivity contribution in [1.82, 2.24) is 19.6 Å². The van der Waals surface area contributed by atoms with E-state index in [1.165, 1.54) is 10.9 Å². The SMILES string of the molecule is O=C(Cn1ccc(C(F)(F)F)n1)Nc1ccnn1Cc1ccc(Cl)cc1Cl. The summed E-state index contributed by atoms with van der Waals surface area (Å²) >= 11 is 12.0. The van der Waals surface area contributed by atoms with Crippen LogP contribution in [0, 0.1) is 0 Å². The molecule has 1 amide bonds. The van der Waals surface area contributed by atoms with Crippen molar-refractivity contribution in [2.24, 2.45) is 0 Å². The third-order valence-electron chi connectivity index (χ3n) is 3.56. The van der Waals surface area contributed by atoms with Crippen LogP contribution in [-0.4, -0.2) is 25.5 Å².